The Kier molecular flexibility index (Phi) is 8.29. The van der Waals surface area contributed by atoms with Crippen LogP contribution in [-0.2, 0) is 19.2 Å². The molecule has 142 valence electrons. The van der Waals surface area contributed by atoms with Crippen molar-refractivity contribution in [1.29, 1.82) is 0 Å². The van der Waals surface area contributed by atoms with Gasteiger partial charge in [0.25, 0.3) is 0 Å². The lowest BCUT2D eigenvalue weighted by molar-refractivity contribution is -0.146. The predicted molar refractivity (Wildman–Crippen MR) is 87.4 cm³/mol. The number of aliphatic carboxylic acids is 2. The molecule has 1 heterocycles. The summed E-state index contributed by atoms with van der Waals surface area (Å²) in [6.07, 6.45) is 1.88. The van der Waals surface area contributed by atoms with Crippen LogP contribution in [0.15, 0.2) is 0 Å². The van der Waals surface area contributed by atoms with Crippen LogP contribution in [0.25, 0.3) is 0 Å². The smallest absolute Gasteiger partial charge is 0.326 e. The molecule has 0 radical (unpaired) electrons. The molecule has 1 saturated heterocycles. The maximum Gasteiger partial charge on any atom is 0.326 e. The number of likely N-dealkylation sites (tertiary alicyclic amines) is 1. The van der Waals surface area contributed by atoms with Gasteiger partial charge < -0.3 is 31.9 Å². The Balaban J connectivity index is 2.69. The predicted octanol–water partition coefficient (Wildman–Crippen LogP) is -1.52. The molecule has 1 fully saturated rings. The highest BCUT2D eigenvalue weighted by molar-refractivity contribution is 5.93. The van der Waals surface area contributed by atoms with E-state index >= 15 is 0 Å². The number of nitrogens with two attached hydrogens (primary N) is 2. The molecule has 3 atom stereocenters. The molecular formula is C15H26N4O6. The quantitative estimate of drug-likeness (QED) is 0.292. The second-order valence-corrected chi connectivity index (χ2v) is 6.08. The Labute approximate surface area is 145 Å². The lowest BCUT2D eigenvalue weighted by atomic mass is 10.1. The Bertz CT molecular complexity index is 512. The lowest BCUT2D eigenvalue weighted by Gasteiger charge is -2.27. The highest BCUT2D eigenvalue weighted by Crippen LogP contribution is 2.19. The normalized spacial score (nSPS) is 19.3. The second kappa shape index (κ2) is 9.94. The average molecular weight is 358 g/mol. The third-order valence-corrected chi connectivity index (χ3v) is 4.11. The van der Waals surface area contributed by atoms with Gasteiger partial charge in [-0.15, -0.1) is 0 Å². The number of nitrogens with one attached hydrogen (secondary N) is 1. The fourth-order valence-electron chi connectivity index (χ4n) is 2.81. The molecule has 0 saturated carbocycles. The van der Waals surface area contributed by atoms with Crippen LogP contribution in [0.2, 0.25) is 0 Å². The van der Waals surface area contributed by atoms with Crippen LogP contribution in [0, 0.1) is 0 Å². The van der Waals surface area contributed by atoms with Crippen molar-refractivity contribution in [2.75, 3.05) is 13.1 Å². The maximum absolute atomic E-state index is 12.4. The standard InChI is InChI=1S/C15H26N4O6/c16-6-2-1-4-10(15(24)25)18-13(22)11-5-3-7-19(11)14(23)9(17)8-12(20)21/h9-11H,1-8,16-17H2,(H,18,22)(H,20,21)(H,24,25). The zero-order chi connectivity index (χ0) is 19.0. The van der Waals surface area contributed by atoms with E-state index in [1.165, 1.54) is 4.90 Å². The Hall–Kier alpha value is -2.20. The van der Waals surface area contributed by atoms with Crippen LogP contribution in [0.1, 0.15) is 38.5 Å². The first-order valence-electron chi connectivity index (χ1n) is 8.29. The van der Waals surface area contributed by atoms with E-state index in [1.54, 1.807) is 0 Å². The van der Waals surface area contributed by atoms with Gasteiger partial charge in [0.2, 0.25) is 11.8 Å². The number of carboxylic acid groups (broad SMARTS) is 2. The summed E-state index contributed by atoms with van der Waals surface area (Å²) in [7, 11) is 0. The van der Waals surface area contributed by atoms with Crippen molar-refractivity contribution in [1.82, 2.24) is 10.2 Å². The number of carbonyl (C=O) groups is 4. The molecular weight excluding hydrogens is 332 g/mol. The van der Waals surface area contributed by atoms with Crippen LogP contribution in [0.3, 0.4) is 0 Å². The Morgan fingerprint density at radius 3 is 2.44 bits per heavy atom. The number of hydrogen-bond donors (Lipinski definition) is 5. The monoisotopic (exact) mass is 358 g/mol. The topological polar surface area (TPSA) is 176 Å². The van der Waals surface area contributed by atoms with Crippen molar-refractivity contribution in [3.05, 3.63) is 0 Å². The minimum atomic E-state index is -1.23. The molecule has 10 heteroatoms. The first-order valence-corrected chi connectivity index (χ1v) is 8.29. The van der Waals surface area contributed by atoms with E-state index in [-0.39, 0.29) is 13.0 Å². The van der Waals surface area contributed by atoms with Crippen molar-refractivity contribution in [3.8, 4) is 0 Å². The van der Waals surface area contributed by atoms with E-state index in [0.717, 1.165) is 0 Å². The highest BCUT2D eigenvalue weighted by atomic mass is 16.4. The third-order valence-electron chi connectivity index (χ3n) is 4.11. The van der Waals surface area contributed by atoms with Crippen LogP contribution in [-0.4, -0.2) is 70.1 Å². The van der Waals surface area contributed by atoms with Gasteiger partial charge in [-0.1, -0.05) is 0 Å². The first-order chi connectivity index (χ1) is 11.8. The van der Waals surface area contributed by atoms with Crippen LogP contribution in [0.4, 0.5) is 0 Å². The summed E-state index contributed by atoms with van der Waals surface area (Å²) in [6.45, 7) is 0.724. The molecule has 10 nitrogen and oxygen atoms in total. The number of hydrogen-bond acceptors (Lipinski definition) is 6. The maximum atomic E-state index is 12.4. The molecule has 7 N–H and O–H groups in total. The Morgan fingerprint density at radius 1 is 1.20 bits per heavy atom. The van der Waals surface area contributed by atoms with E-state index in [2.05, 4.69) is 5.32 Å². The number of unbranched alkanes of at least 4 members (excludes halogenated alkanes) is 1. The molecule has 25 heavy (non-hydrogen) atoms. The van der Waals surface area contributed by atoms with Crippen molar-refractivity contribution < 1.29 is 29.4 Å². The molecule has 1 aliphatic heterocycles. The summed E-state index contributed by atoms with van der Waals surface area (Å²) < 4.78 is 0. The molecule has 2 amide bonds. The summed E-state index contributed by atoms with van der Waals surface area (Å²) in [4.78, 5) is 47.9. The number of carbonyl (C=O) groups excluding carboxylic acids is 2. The van der Waals surface area contributed by atoms with Gasteiger partial charge in [-0.05, 0) is 38.6 Å². The second-order valence-electron chi connectivity index (χ2n) is 6.08. The number of rotatable bonds is 10. The minimum Gasteiger partial charge on any atom is -0.481 e. The number of carboxylic acids is 2. The fourth-order valence-corrected chi connectivity index (χ4v) is 2.81. The summed E-state index contributed by atoms with van der Waals surface area (Å²) >= 11 is 0. The molecule has 0 bridgehead atoms. The van der Waals surface area contributed by atoms with Gasteiger partial charge in [-0.3, -0.25) is 14.4 Å². The van der Waals surface area contributed by atoms with E-state index in [0.29, 0.717) is 32.2 Å². The van der Waals surface area contributed by atoms with Gasteiger partial charge in [-0.2, -0.15) is 0 Å². The zero-order valence-electron chi connectivity index (χ0n) is 14.0. The molecule has 0 spiro atoms. The highest BCUT2D eigenvalue weighted by Gasteiger charge is 2.37. The van der Waals surface area contributed by atoms with E-state index < -0.39 is 48.3 Å². The van der Waals surface area contributed by atoms with E-state index in [4.69, 9.17) is 16.6 Å². The third kappa shape index (κ3) is 6.31. The van der Waals surface area contributed by atoms with Crippen LogP contribution in [0.5, 0.6) is 0 Å². The SMILES string of the molecule is NCCCCC(NC(=O)C1CCCN1C(=O)C(N)CC(=O)O)C(=O)O. The van der Waals surface area contributed by atoms with Crippen molar-refractivity contribution >= 4 is 23.8 Å². The van der Waals surface area contributed by atoms with Gasteiger partial charge in [0.1, 0.15) is 12.1 Å². The van der Waals surface area contributed by atoms with Crippen LogP contribution < -0.4 is 16.8 Å². The molecule has 3 unspecified atom stereocenters. The fraction of sp³-hybridized carbons (Fsp3) is 0.733. The van der Waals surface area contributed by atoms with Crippen molar-refractivity contribution in [3.63, 3.8) is 0 Å². The summed E-state index contributed by atoms with van der Waals surface area (Å²) in [5.74, 6) is -3.53. The molecule has 0 aromatic heterocycles. The van der Waals surface area contributed by atoms with Crippen molar-refractivity contribution in [2.45, 2.75) is 56.7 Å². The van der Waals surface area contributed by atoms with Gasteiger partial charge in [0, 0.05) is 6.54 Å². The summed E-state index contributed by atoms with van der Waals surface area (Å²) in [5, 5.41) is 20.4. The zero-order valence-corrected chi connectivity index (χ0v) is 14.0. The molecule has 1 aliphatic rings. The van der Waals surface area contributed by atoms with Gasteiger partial charge >= 0.3 is 11.9 Å². The molecule has 1 rings (SSSR count). The largest absolute Gasteiger partial charge is 0.481 e. The lowest BCUT2D eigenvalue weighted by Crippen LogP contribution is -2.54. The summed E-state index contributed by atoms with van der Waals surface area (Å²) in [5.41, 5.74) is 11.0. The van der Waals surface area contributed by atoms with E-state index in [9.17, 15) is 24.3 Å². The van der Waals surface area contributed by atoms with Gasteiger partial charge in [0.05, 0.1) is 12.5 Å². The van der Waals surface area contributed by atoms with Gasteiger partial charge in [0.15, 0.2) is 0 Å². The Morgan fingerprint density at radius 2 is 1.88 bits per heavy atom. The van der Waals surface area contributed by atoms with Crippen LogP contribution >= 0.6 is 0 Å². The number of nitrogens with zero attached hydrogens (tertiary/aromatic N) is 1. The average Bonchev–Trinajstić information content (AvgIpc) is 3.01. The minimum absolute atomic E-state index is 0.247. The number of amides is 2. The first kappa shape index (κ1) is 20.8. The molecule has 0 aliphatic carbocycles. The van der Waals surface area contributed by atoms with Gasteiger partial charge in [-0.25, -0.2) is 4.79 Å². The van der Waals surface area contributed by atoms with E-state index in [1.807, 2.05) is 0 Å². The molecule has 0 aromatic carbocycles. The molecule has 0 aromatic rings. The van der Waals surface area contributed by atoms with Crippen molar-refractivity contribution in [2.24, 2.45) is 11.5 Å². The summed E-state index contributed by atoms with van der Waals surface area (Å²) in [6, 6.07) is -3.11.